The Morgan fingerprint density at radius 3 is 2.46 bits per heavy atom. The van der Waals surface area contributed by atoms with E-state index in [-0.39, 0.29) is 11.2 Å². The van der Waals surface area contributed by atoms with Gasteiger partial charge in [-0.2, -0.15) is 0 Å². The van der Waals surface area contributed by atoms with Crippen LogP contribution in [0.15, 0.2) is 54.7 Å². The number of rotatable bonds is 1. The Hall–Kier alpha value is -2.48. The SMILES string of the molecule is Cc1ccc2c(c1-c1cccc[n+]1C)C(C)(C)c1cccc(F)c1-2. The molecule has 1 heterocycles. The molecule has 1 aliphatic rings. The highest BCUT2D eigenvalue weighted by Crippen LogP contribution is 2.53. The van der Waals surface area contributed by atoms with E-state index in [0.717, 1.165) is 22.4 Å². The molecular weight excluding hydrogens is 297 g/mol. The van der Waals surface area contributed by atoms with Gasteiger partial charge in [0.2, 0.25) is 5.69 Å². The molecule has 0 unspecified atom stereocenters. The van der Waals surface area contributed by atoms with Gasteiger partial charge in [0.25, 0.3) is 0 Å². The predicted octanol–water partition coefficient (Wildman–Crippen LogP) is 4.93. The summed E-state index contributed by atoms with van der Waals surface area (Å²) < 4.78 is 16.8. The van der Waals surface area contributed by atoms with Crippen molar-refractivity contribution in [3.8, 4) is 22.4 Å². The third-order valence-electron chi connectivity index (χ3n) is 5.31. The molecule has 0 saturated heterocycles. The van der Waals surface area contributed by atoms with Gasteiger partial charge in [0.05, 0.1) is 5.56 Å². The monoisotopic (exact) mass is 318 g/mol. The molecule has 2 heteroatoms. The van der Waals surface area contributed by atoms with Crippen LogP contribution in [0.25, 0.3) is 22.4 Å². The van der Waals surface area contributed by atoms with Gasteiger partial charge in [-0.1, -0.05) is 38.1 Å². The van der Waals surface area contributed by atoms with Gasteiger partial charge in [0.15, 0.2) is 6.20 Å². The van der Waals surface area contributed by atoms with Crippen molar-refractivity contribution in [1.82, 2.24) is 0 Å². The van der Waals surface area contributed by atoms with Gasteiger partial charge >= 0.3 is 0 Å². The first-order valence-corrected chi connectivity index (χ1v) is 8.31. The van der Waals surface area contributed by atoms with Crippen LogP contribution in [-0.4, -0.2) is 0 Å². The number of fused-ring (bicyclic) bond motifs is 3. The highest BCUT2D eigenvalue weighted by molar-refractivity contribution is 5.88. The molecule has 0 amide bonds. The first-order chi connectivity index (χ1) is 11.4. The highest BCUT2D eigenvalue weighted by Gasteiger charge is 2.40. The average Bonchev–Trinajstić information content (AvgIpc) is 2.78. The van der Waals surface area contributed by atoms with E-state index < -0.39 is 0 Å². The lowest BCUT2D eigenvalue weighted by Crippen LogP contribution is -2.31. The van der Waals surface area contributed by atoms with Gasteiger partial charge in [-0.25, -0.2) is 8.96 Å². The fourth-order valence-electron chi connectivity index (χ4n) is 4.13. The molecule has 3 aromatic rings. The van der Waals surface area contributed by atoms with Crippen LogP contribution in [0.4, 0.5) is 4.39 Å². The second-order valence-corrected chi connectivity index (χ2v) is 7.16. The molecule has 0 N–H and O–H groups in total. The molecule has 2 aromatic carbocycles. The smallest absolute Gasteiger partial charge is 0.206 e. The van der Waals surface area contributed by atoms with Crippen molar-refractivity contribution in [2.45, 2.75) is 26.2 Å². The highest BCUT2D eigenvalue weighted by atomic mass is 19.1. The molecule has 0 bridgehead atoms. The zero-order valence-electron chi connectivity index (χ0n) is 14.5. The lowest BCUT2D eigenvalue weighted by Gasteiger charge is -2.24. The Morgan fingerprint density at radius 2 is 1.71 bits per heavy atom. The largest absolute Gasteiger partial charge is 0.212 e. The molecule has 1 nitrogen and oxygen atoms in total. The molecule has 0 aliphatic heterocycles. The van der Waals surface area contributed by atoms with E-state index in [2.05, 4.69) is 68.9 Å². The van der Waals surface area contributed by atoms with Crippen LogP contribution in [-0.2, 0) is 12.5 Å². The zero-order valence-corrected chi connectivity index (χ0v) is 14.5. The molecule has 1 aliphatic carbocycles. The van der Waals surface area contributed by atoms with Gasteiger partial charge in [-0.3, -0.25) is 0 Å². The maximum Gasteiger partial charge on any atom is 0.212 e. The van der Waals surface area contributed by atoms with Gasteiger partial charge in [-0.05, 0) is 41.3 Å². The van der Waals surface area contributed by atoms with Crippen LogP contribution in [0.3, 0.4) is 0 Å². The van der Waals surface area contributed by atoms with Crippen molar-refractivity contribution in [2.75, 3.05) is 0 Å². The molecule has 0 spiro atoms. The lowest BCUT2D eigenvalue weighted by atomic mass is 9.78. The van der Waals surface area contributed by atoms with Gasteiger partial charge in [-0.15, -0.1) is 0 Å². The minimum atomic E-state index is -0.225. The van der Waals surface area contributed by atoms with Crippen molar-refractivity contribution in [2.24, 2.45) is 7.05 Å². The van der Waals surface area contributed by atoms with E-state index in [4.69, 9.17) is 0 Å². The fourth-order valence-corrected chi connectivity index (χ4v) is 4.13. The lowest BCUT2D eigenvalue weighted by molar-refractivity contribution is -0.660. The Morgan fingerprint density at radius 1 is 0.917 bits per heavy atom. The van der Waals surface area contributed by atoms with Crippen molar-refractivity contribution in [3.63, 3.8) is 0 Å². The molecule has 0 saturated carbocycles. The van der Waals surface area contributed by atoms with Crippen molar-refractivity contribution < 1.29 is 8.96 Å². The maximum absolute atomic E-state index is 14.6. The molecule has 0 fully saturated rings. The number of nitrogens with zero attached hydrogens (tertiary/aromatic N) is 1. The second kappa shape index (κ2) is 5.01. The molecule has 0 radical (unpaired) electrons. The quantitative estimate of drug-likeness (QED) is 0.560. The topological polar surface area (TPSA) is 3.88 Å². The van der Waals surface area contributed by atoms with Gasteiger partial charge in [0, 0.05) is 23.1 Å². The minimum absolute atomic E-state index is 0.133. The summed E-state index contributed by atoms with van der Waals surface area (Å²) in [6.45, 7) is 6.53. The number of hydrogen-bond acceptors (Lipinski definition) is 0. The third-order valence-corrected chi connectivity index (χ3v) is 5.31. The summed E-state index contributed by atoms with van der Waals surface area (Å²) in [5, 5.41) is 0. The summed E-state index contributed by atoms with van der Waals surface area (Å²) in [6.07, 6.45) is 2.06. The summed E-state index contributed by atoms with van der Waals surface area (Å²) in [6, 6.07) is 15.8. The Balaban J connectivity index is 2.14. The number of aromatic nitrogens is 1. The molecule has 0 atom stereocenters. The number of benzene rings is 2. The van der Waals surface area contributed by atoms with E-state index in [1.54, 1.807) is 6.07 Å². The molecule has 1 aromatic heterocycles. The first kappa shape index (κ1) is 15.1. The summed E-state index contributed by atoms with van der Waals surface area (Å²) in [4.78, 5) is 0. The van der Waals surface area contributed by atoms with Crippen LogP contribution in [0.1, 0.15) is 30.5 Å². The number of pyridine rings is 1. The van der Waals surface area contributed by atoms with E-state index in [1.165, 1.54) is 16.7 Å². The first-order valence-electron chi connectivity index (χ1n) is 8.31. The van der Waals surface area contributed by atoms with Gasteiger partial charge < -0.3 is 0 Å². The maximum atomic E-state index is 14.6. The number of aryl methyl sites for hydroxylation is 2. The standard InChI is InChI=1S/C22H21FN/c1-14-11-12-15-20-16(8-7-9-17(20)23)22(2,3)21(15)19(14)18-10-5-6-13-24(18)4/h5-13H,1-4H3/q+1. The van der Waals surface area contributed by atoms with Crippen molar-refractivity contribution in [1.29, 1.82) is 0 Å². The van der Waals surface area contributed by atoms with Crippen molar-refractivity contribution in [3.05, 3.63) is 77.2 Å². The zero-order chi connectivity index (χ0) is 17.1. The summed E-state index contributed by atoms with van der Waals surface area (Å²) in [5.41, 5.74) is 7.46. The molecule has 24 heavy (non-hydrogen) atoms. The van der Waals surface area contributed by atoms with E-state index >= 15 is 0 Å². The Labute approximate surface area is 142 Å². The Bertz CT molecular complexity index is 970. The molecule has 120 valence electrons. The number of halogens is 1. The van der Waals surface area contributed by atoms with E-state index in [9.17, 15) is 4.39 Å². The molecule has 4 rings (SSSR count). The van der Waals surface area contributed by atoms with Crippen LogP contribution >= 0.6 is 0 Å². The van der Waals surface area contributed by atoms with Crippen LogP contribution in [0, 0.1) is 12.7 Å². The number of hydrogen-bond donors (Lipinski definition) is 0. The normalized spacial score (nSPS) is 14.4. The second-order valence-electron chi connectivity index (χ2n) is 7.16. The van der Waals surface area contributed by atoms with Crippen molar-refractivity contribution >= 4 is 0 Å². The summed E-state index contributed by atoms with van der Waals surface area (Å²) >= 11 is 0. The Kier molecular flexibility index (Phi) is 3.14. The molecular formula is C22H21FN+. The summed E-state index contributed by atoms with van der Waals surface area (Å²) in [7, 11) is 2.06. The van der Waals surface area contributed by atoms with E-state index in [0.29, 0.717) is 0 Å². The van der Waals surface area contributed by atoms with Crippen LogP contribution < -0.4 is 4.57 Å². The third kappa shape index (κ3) is 1.89. The average molecular weight is 318 g/mol. The fraction of sp³-hybridized carbons (Fsp3) is 0.227. The van der Waals surface area contributed by atoms with E-state index in [1.807, 2.05) is 12.1 Å². The minimum Gasteiger partial charge on any atom is -0.206 e. The summed E-state index contributed by atoms with van der Waals surface area (Å²) in [5.74, 6) is -0.133. The predicted molar refractivity (Wildman–Crippen MR) is 95.3 cm³/mol. The van der Waals surface area contributed by atoms with Crippen LogP contribution in [0.2, 0.25) is 0 Å². The van der Waals surface area contributed by atoms with Crippen LogP contribution in [0.5, 0.6) is 0 Å². The van der Waals surface area contributed by atoms with Gasteiger partial charge in [0.1, 0.15) is 12.9 Å².